The quantitative estimate of drug-likeness (QED) is 0.817. The molecule has 0 aromatic heterocycles. The average molecular weight is 253 g/mol. The summed E-state index contributed by atoms with van der Waals surface area (Å²) in [6.07, 6.45) is 6.72. The molecule has 1 atom stereocenters. The first-order valence-electron chi connectivity index (χ1n) is 7.45. The van der Waals surface area contributed by atoms with Gasteiger partial charge in [-0.25, -0.2) is 0 Å². The Morgan fingerprint density at radius 1 is 1.17 bits per heavy atom. The second-order valence-corrected chi connectivity index (χ2v) is 5.72. The van der Waals surface area contributed by atoms with Crippen molar-refractivity contribution in [3.63, 3.8) is 0 Å². The summed E-state index contributed by atoms with van der Waals surface area (Å²) in [5, 5.41) is 3.52. The van der Waals surface area contributed by atoms with Crippen LogP contribution in [0.1, 0.15) is 38.5 Å². The van der Waals surface area contributed by atoms with Crippen molar-refractivity contribution in [1.82, 2.24) is 15.1 Å². The fraction of sp³-hybridized carbons (Fsp3) is 0.929. The lowest BCUT2D eigenvalue weighted by Crippen LogP contribution is -2.37. The number of nitrogens with one attached hydrogen (secondary N) is 1. The molecule has 104 valence electrons. The summed E-state index contributed by atoms with van der Waals surface area (Å²) in [4.78, 5) is 16.6. The molecule has 0 saturated carbocycles. The van der Waals surface area contributed by atoms with Crippen LogP contribution < -0.4 is 5.32 Å². The van der Waals surface area contributed by atoms with Gasteiger partial charge in [-0.1, -0.05) is 6.42 Å². The maximum Gasteiger partial charge on any atom is 0.222 e. The zero-order valence-corrected chi connectivity index (χ0v) is 11.7. The summed E-state index contributed by atoms with van der Waals surface area (Å²) in [7, 11) is 2.14. The van der Waals surface area contributed by atoms with Crippen LogP contribution in [-0.2, 0) is 4.79 Å². The third-order valence-electron chi connectivity index (χ3n) is 4.19. The first-order chi connectivity index (χ1) is 8.75. The Labute approximate surface area is 111 Å². The van der Waals surface area contributed by atoms with E-state index in [1.165, 1.54) is 19.3 Å². The van der Waals surface area contributed by atoms with E-state index in [0.717, 1.165) is 52.0 Å². The smallest absolute Gasteiger partial charge is 0.222 e. The number of carbonyl (C=O) groups is 1. The lowest BCUT2D eigenvalue weighted by molar-refractivity contribution is -0.131. The van der Waals surface area contributed by atoms with E-state index >= 15 is 0 Å². The summed E-state index contributed by atoms with van der Waals surface area (Å²) < 4.78 is 0. The number of hydrogen-bond donors (Lipinski definition) is 1. The highest BCUT2D eigenvalue weighted by Gasteiger charge is 2.19. The van der Waals surface area contributed by atoms with Gasteiger partial charge in [-0.3, -0.25) is 4.79 Å². The molecule has 0 bridgehead atoms. The first kappa shape index (κ1) is 13.8. The van der Waals surface area contributed by atoms with Crippen molar-refractivity contribution < 1.29 is 4.79 Å². The zero-order valence-electron chi connectivity index (χ0n) is 11.7. The van der Waals surface area contributed by atoms with Crippen LogP contribution in [0.25, 0.3) is 0 Å². The topological polar surface area (TPSA) is 35.6 Å². The van der Waals surface area contributed by atoms with Gasteiger partial charge >= 0.3 is 0 Å². The van der Waals surface area contributed by atoms with E-state index in [4.69, 9.17) is 0 Å². The molecule has 2 saturated heterocycles. The Balaban J connectivity index is 1.69. The van der Waals surface area contributed by atoms with Crippen molar-refractivity contribution >= 4 is 5.91 Å². The van der Waals surface area contributed by atoms with E-state index in [2.05, 4.69) is 22.2 Å². The molecule has 0 aliphatic carbocycles. The van der Waals surface area contributed by atoms with Crippen molar-refractivity contribution in [2.24, 2.45) is 0 Å². The van der Waals surface area contributed by atoms with E-state index in [9.17, 15) is 4.79 Å². The Morgan fingerprint density at radius 3 is 2.83 bits per heavy atom. The van der Waals surface area contributed by atoms with Crippen LogP contribution in [0.4, 0.5) is 0 Å². The van der Waals surface area contributed by atoms with Crippen molar-refractivity contribution in [1.29, 1.82) is 0 Å². The summed E-state index contributed by atoms with van der Waals surface area (Å²) in [6.45, 7) is 5.13. The van der Waals surface area contributed by atoms with Crippen molar-refractivity contribution in [2.45, 2.75) is 44.6 Å². The lowest BCUT2D eigenvalue weighted by atomic mass is 10.0. The predicted molar refractivity (Wildman–Crippen MR) is 73.6 cm³/mol. The minimum Gasteiger partial charge on any atom is -0.341 e. The van der Waals surface area contributed by atoms with Crippen molar-refractivity contribution in [2.75, 3.05) is 39.8 Å². The first-order valence-corrected chi connectivity index (χ1v) is 7.45. The minimum atomic E-state index is 0.359. The van der Waals surface area contributed by atoms with Crippen molar-refractivity contribution in [3.05, 3.63) is 0 Å². The summed E-state index contributed by atoms with van der Waals surface area (Å²) in [5.74, 6) is 0.359. The standard InChI is InChI=1S/C14H27N3O/c1-16-9-4-10-17(12-11-16)14(18)7-6-13-5-2-3-8-15-13/h13,15H,2-12H2,1H3. The molecule has 0 aromatic rings. The second kappa shape index (κ2) is 7.10. The number of hydrogen-bond acceptors (Lipinski definition) is 3. The Hall–Kier alpha value is -0.610. The van der Waals surface area contributed by atoms with Crippen LogP contribution in [-0.4, -0.2) is 61.5 Å². The third kappa shape index (κ3) is 4.25. The Morgan fingerprint density at radius 2 is 2.06 bits per heavy atom. The fourth-order valence-electron chi connectivity index (χ4n) is 2.92. The average Bonchev–Trinajstić information content (AvgIpc) is 2.62. The molecule has 4 heteroatoms. The van der Waals surface area contributed by atoms with Gasteiger partial charge in [-0.15, -0.1) is 0 Å². The van der Waals surface area contributed by atoms with Crippen LogP contribution in [0.5, 0.6) is 0 Å². The molecule has 2 heterocycles. The van der Waals surface area contributed by atoms with E-state index < -0.39 is 0 Å². The summed E-state index contributed by atoms with van der Waals surface area (Å²) in [6, 6.07) is 0.581. The molecule has 1 amide bonds. The van der Waals surface area contributed by atoms with Gasteiger partial charge in [-0.05, 0) is 45.8 Å². The molecule has 2 fully saturated rings. The molecule has 4 nitrogen and oxygen atoms in total. The van der Waals surface area contributed by atoms with Gasteiger partial charge in [-0.2, -0.15) is 0 Å². The van der Waals surface area contributed by atoms with Gasteiger partial charge < -0.3 is 15.1 Å². The van der Waals surface area contributed by atoms with Crippen molar-refractivity contribution in [3.8, 4) is 0 Å². The molecule has 0 radical (unpaired) electrons. The molecule has 2 rings (SSSR count). The summed E-state index contributed by atoms with van der Waals surface area (Å²) in [5.41, 5.74) is 0. The highest BCUT2D eigenvalue weighted by atomic mass is 16.2. The highest BCUT2D eigenvalue weighted by Crippen LogP contribution is 2.13. The highest BCUT2D eigenvalue weighted by molar-refractivity contribution is 5.76. The molecular formula is C14H27N3O. The molecule has 1 N–H and O–H groups in total. The predicted octanol–water partition coefficient (Wildman–Crippen LogP) is 1.07. The van der Waals surface area contributed by atoms with Crippen LogP contribution in [0.3, 0.4) is 0 Å². The minimum absolute atomic E-state index is 0.359. The van der Waals surface area contributed by atoms with E-state index in [-0.39, 0.29) is 0 Å². The van der Waals surface area contributed by atoms with Gasteiger partial charge in [0.05, 0.1) is 0 Å². The van der Waals surface area contributed by atoms with Crippen LogP contribution in [0, 0.1) is 0 Å². The largest absolute Gasteiger partial charge is 0.341 e. The Kier molecular flexibility index (Phi) is 5.45. The molecule has 2 aliphatic rings. The van der Waals surface area contributed by atoms with E-state index in [0.29, 0.717) is 11.9 Å². The summed E-state index contributed by atoms with van der Waals surface area (Å²) >= 11 is 0. The fourth-order valence-corrected chi connectivity index (χ4v) is 2.92. The third-order valence-corrected chi connectivity index (χ3v) is 4.19. The van der Waals surface area contributed by atoms with Crippen LogP contribution >= 0.6 is 0 Å². The number of nitrogens with zero attached hydrogens (tertiary/aromatic N) is 2. The number of piperidine rings is 1. The maximum atomic E-state index is 12.2. The molecule has 0 aromatic carbocycles. The van der Waals surface area contributed by atoms with E-state index in [1.807, 2.05) is 0 Å². The second-order valence-electron chi connectivity index (χ2n) is 5.72. The lowest BCUT2D eigenvalue weighted by Gasteiger charge is -2.25. The molecule has 0 spiro atoms. The van der Waals surface area contributed by atoms with Crippen LogP contribution in [0.15, 0.2) is 0 Å². The van der Waals surface area contributed by atoms with E-state index in [1.54, 1.807) is 0 Å². The molecule has 2 aliphatic heterocycles. The monoisotopic (exact) mass is 253 g/mol. The Bertz CT molecular complexity index is 264. The van der Waals surface area contributed by atoms with Gasteiger partial charge in [0.1, 0.15) is 0 Å². The van der Waals surface area contributed by atoms with Crippen LogP contribution in [0.2, 0.25) is 0 Å². The SMILES string of the molecule is CN1CCCN(C(=O)CCC2CCCCN2)CC1. The number of carbonyl (C=O) groups excluding carboxylic acids is 1. The molecule has 18 heavy (non-hydrogen) atoms. The number of amides is 1. The number of likely N-dealkylation sites (N-methyl/N-ethyl adjacent to an activating group) is 1. The number of rotatable bonds is 3. The van der Waals surface area contributed by atoms with Gasteiger partial charge in [0.15, 0.2) is 0 Å². The molecular weight excluding hydrogens is 226 g/mol. The van der Waals surface area contributed by atoms with Gasteiger partial charge in [0.25, 0.3) is 0 Å². The van der Waals surface area contributed by atoms with Gasteiger partial charge in [0, 0.05) is 32.1 Å². The zero-order chi connectivity index (χ0) is 12.8. The van der Waals surface area contributed by atoms with Gasteiger partial charge in [0.2, 0.25) is 5.91 Å². The molecule has 1 unspecified atom stereocenters. The maximum absolute atomic E-state index is 12.2. The normalized spacial score (nSPS) is 26.9.